The standard InChI is InChI=1S/C31H27N3O3/c1-19(24-15-7-11-21-9-3-5-13-26(21)24)32-30(36)28-17-23(35)18-29(34-28)31(37)33-20(2)25-16-8-12-22-10-4-6-14-27(22)25/h3-20H,1-2H3,(H,32,36)(H,33,37)(H,34,35)/t19-,20-/m1/s1. The van der Waals surface area contributed by atoms with Crippen molar-refractivity contribution in [2.75, 3.05) is 0 Å². The van der Waals surface area contributed by atoms with Gasteiger partial charge in [-0.25, -0.2) is 0 Å². The summed E-state index contributed by atoms with van der Waals surface area (Å²) in [7, 11) is 0. The molecule has 1 heterocycles. The van der Waals surface area contributed by atoms with Crippen LogP contribution in [-0.2, 0) is 0 Å². The Bertz CT molecular complexity index is 1560. The molecule has 0 fully saturated rings. The second kappa shape index (κ2) is 10.1. The molecule has 6 heteroatoms. The number of H-pyrrole nitrogens is 1. The van der Waals surface area contributed by atoms with E-state index in [0.29, 0.717) is 0 Å². The van der Waals surface area contributed by atoms with Gasteiger partial charge in [-0.3, -0.25) is 14.4 Å². The van der Waals surface area contributed by atoms with E-state index in [-0.39, 0.29) is 23.5 Å². The fraction of sp³-hybridized carbons (Fsp3) is 0.129. The topological polar surface area (TPSA) is 91.1 Å². The second-order valence-electron chi connectivity index (χ2n) is 9.17. The third-order valence-electron chi connectivity index (χ3n) is 6.61. The van der Waals surface area contributed by atoms with Gasteiger partial charge in [0.15, 0.2) is 5.43 Å². The fourth-order valence-electron chi connectivity index (χ4n) is 4.75. The van der Waals surface area contributed by atoms with Crippen LogP contribution in [-0.4, -0.2) is 16.8 Å². The number of pyridine rings is 1. The van der Waals surface area contributed by atoms with Crippen molar-refractivity contribution in [2.24, 2.45) is 0 Å². The molecule has 0 aliphatic rings. The third-order valence-corrected chi connectivity index (χ3v) is 6.61. The summed E-state index contributed by atoms with van der Waals surface area (Å²) < 4.78 is 0. The van der Waals surface area contributed by atoms with E-state index < -0.39 is 17.2 Å². The first kappa shape index (κ1) is 24.0. The second-order valence-corrected chi connectivity index (χ2v) is 9.17. The molecule has 0 aliphatic heterocycles. The van der Waals surface area contributed by atoms with Crippen molar-refractivity contribution in [1.82, 2.24) is 15.6 Å². The van der Waals surface area contributed by atoms with Crippen LogP contribution in [0.2, 0.25) is 0 Å². The molecule has 0 unspecified atom stereocenters. The highest BCUT2D eigenvalue weighted by Gasteiger charge is 2.18. The molecule has 0 aliphatic carbocycles. The molecule has 0 saturated carbocycles. The molecule has 5 aromatic rings. The molecular formula is C31H27N3O3. The maximum atomic E-state index is 13.1. The number of nitrogens with one attached hydrogen (secondary N) is 3. The number of benzene rings is 4. The van der Waals surface area contributed by atoms with Crippen molar-refractivity contribution < 1.29 is 9.59 Å². The van der Waals surface area contributed by atoms with Gasteiger partial charge in [-0.15, -0.1) is 0 Å². The van der Waals surface area contributed by atoms with Crippen LogP contribution in [0.15, 0.2) is 102 Å². The monoisotopic (exact) mass is 489 g/mol. The Morgan fingerprint density at radius 1 is 0.622 bits per heavy atom. The van der Waals surface area contributed by atoms with Gasteiger partial charge in [0.2, 0.25) is 0 Å². The van der Waals surface area contributed by atoms with Gasteiger partial charge in [0.25, 0.3) is 11.8 Å². The summed E-state index contributed by atoms with van der Waals surface area (Å²) in [5.41, 5.74) is 1.56. The molecule has 6 nitrogen and oxygen atoms in total. The average Bonchev–Trinajstić information content (AvgIpc) is 2.91. The van der Waals surface area contributed by atoms with E-state index in [0.717, 1.165) is 32.7 Å². The molecule has 0 spiro atoms. The number of aromatic amines is 1. The van der Waals surface area contributed by atoms with Gasteiger partial charge >= 0.3 is 0 Å². The van der Waals surface area contributed by atoms with E-state index in [9.17, 15) is 14.4 Å². The number of aromatic nitrogens is 1. The summed E-state index contributed by atoms with van der Waals surface area (Å²) in [6.07, 6.45) is 0. The van der Waals surface area contributed by atoms with Gasteiger partial charge in [-0.1, -0.05) is 84.9 Å². The Kier molecular flexibility index (Phi) is 6.56. The van der Waals surface area contributed by atoms with Gasteiger partial charge in [0.05, 0.1) is 12.1 Å². The Labute approximate surface area is 214 Å². The van der Waals surface area contributed by atoms with Gasteiger partial charge in [0, 0.05) is 12.1 Å². The Hall–Kier alpha value is -4.71. The van der Waals surface area contributed by atoms with E-state index in [1.807, 2.05) is 98.8 Å². The number of fused-ring (bicyclic) bond motifs is 2. The maximum Gasteiger partial charge on any atom is 0.268 e. The predicted molar refractivity (Wildman–Crippen MR) is 147 cm³/mol. The molecule has 4 aromatic carbocycles. The summed E-state index contributed by atoms with van der Waals surface area (Å²) in [5, 5.41) is 10.1. The zero-order valence-corrected chi connectivity index (χ0v) is 20.6. The zero-order valence-electron chi connectivity index (χ0n) is 20.6. The van der Waals surface area contributed by atoms with Crippen LogP contribution in [0.5, 0.6) is 0 Å². The summed E-state index contributed by atoms with van der Waals surface area (Å²) in [6, 6.07) is 29.6. The minimum Gasteiger partial charge on any atom is -0.346 e. The average molecular weight is 490 g/mol. The smallest absolute Gasteiger partial charge is 0.268 e. The van der Waals surface area contributed by atoms with E-state index in [2.05, 4.69) is 15.6 Å². The minimum atomic E-state index is -0.464. The van der Waals surface area contributed by atoms with Gasteiger partial charge in [-0.2, -0.15) is 0 Å². The van der Waals surface area contributed by atoms with Gasteiger partial charge < -0.3 is 15.6 Å². The van der Waals surface area contributed by atoms with Crippen LogP contribution >= 0.6 is 0 Å². The molecular weight excluding hydrogens is 462 g/mol. The number of hydrogen-bond acceptors (Lipinski definition) is 3. The SMILES string of the molecule is C[C@@H](NC(=O)c1cc(=O)cc(C(=O)N[C@H](C)c2cccc3ccccc23)[nH]1)c1cccc2ccccc12. The lowest BCUT2D eigenvalue weighted by Gasteiger charge is -2.18. The fourth-order valence-corrected chi connectivity index (χ4v) is 4.75. The summed E-state index contributed by atoms with van der Waals surface area (Å²) in [6.45, 7) is 3.78. The molecule has 1 aromatic heterocycles. The Balaban J connectivity index is 1.35. The number of carbonyl (C=O) groups is 2. The van der Waals surface area contributed by atoms with Crippen molar-refractivity contribution >= 4 is 33.4 Å². The van der Waals surface area contributed by atoms with Crippen LogP contribution in [0, 0.1) is 0 Å². The molecule has 5 rings (SSSR count). The van der Waals surface area contributed by atoms with Crippen LogP contribution in [0.4, 0.5) is 0 Å². The summed E-state index contributed by atoms with van der Waals surface area (Å²) >= 11 is 0. The minimum absolute atomic E-state index is 0.0301. The molecule has 2 amide bonds. The van der Waals surface area contributed by atoms with E-state index in [4.69, 9.17) is 0 Å². The van der Waals surface area contributed by atoms with E-state index >= 15 is 0 Å². The van der Waals surface area contributed by atoms with Gasteiger partial charge in [0.1, 0.15) is 11.4 Å². The van der Waals surface area contributed by atoms with Crippen LogP contribution < -0.4 is 16.1 Å². The highest BCUT2D eigenvalue weighted by molar-refractivity contribution is 5.97. The number of carbonyl (C=O) groups excluding carboxylic acids is 2. The first-order valence-electron chi connectivity index (χ1n) is 12.2. The Morgan fingerprint density at radius 2 is 1.03 bits per heavy atom. The quantitative estimate of drug-likeness (QED) is 0.287. The highest BCUT2D eigenvalue weighted by Crippen LogP contribution is 2.25. The van der Waals surface area contributed by atoms with Crippen LogP contribution in [0.25, 0.3) is 21.5 Å². The first-order valence-corrected chi connectivity index (χ1v) is 12.2. The normalized spacial score (nSPS) is 12.7. The van der Waals surface area contributed by atoms with Crippen molar-refractivity contribution in [3.63, 3.8) is 0 Å². The predicted octanol–water partition coefficient (Wildman–Crippen LogP) is 5.66. The molecule has 3 N–H and O–H groups in total. The molecule has 0 radical (unpaired) electrons. The van der Waals surface area contributed by atoms with Crippen molar-refractivity contribution in [2.45, 2.75) is 25.9 Å². The summed E-state index contributed by atoms with van der Waals surface area (Å²) in [5.74, 6) is -0.927. The largest absolute Gasteiger partial charge is 0.346 e. The lowest BCUT2D eigenvalue weighted by molar-refractivity contribution is 0.0930. The highest BCUT2D eigenvalue weighted by atomic mass is 16.2. The number of amides is 2. The maximum absolute atomic E-state index is 13.1. The molecule has 0 bridgehead atoms. The zero-order chi connectivity index (χ0) is 25.9. The van der Waals surface area contributed by atoms with Crippen LogP contribution in [0.1, 0.15) is 58.0 Å². The lowest BCUT2D eigenvalue weighted by atomic mass is 9.99. The van der Waals surface area contributed by atoms with E-state index in [1.54, 1.807) is 0 Å². The van der Waals surface area contributed by atoms with E-state index in [1.165, 1.54) is 12.1 Å². The third kappa shape index (κ3) is 5.00. The number of hydrogen-bond donors (Lipinski definition) is 3. The summed E-state index contributed by atoms with van der Waals surface area (Å²) in [4.78, 5) is 41.4. The molecule has 2 atom stereocenters. The molecule has 184 valence electrons. The molecule has 0 saturated heterocycles. The van der Waals surface area contributed by atoms with Crippen molar-refractivity contribution in [3.8, 4) is 0 Å². The lowest BCUT2D eigenvalue weighted by Crippen LogP contribution is -2.32. The number of rotatable bonds is 6. The van der Waals surface area contributed by atoms with Crippen LogP contribution in [0.3, 0.4) is 0 Å². The van der Waals surface area contributed by atoms with Crippen molar-refractivity contribution in [3.05, 3.63) is 130 Å². The first-order chi connectivity index (χ1) is 17.9. The van der Waals surface area contributed by atoms with Crippen molar-refractivity contribution in [1.29, 1.82) is 0 Å². The van der Waals surface area contributed by atoms with Gasteiger partial charge in [-0.05, 0) is 46.5 Å². The molecule has 37 heavy (non-hydrogen) atoms. The Morgan fingerprint density at radius 3 is 1.49 bits per heavy atom.